The van der Waals surface area contributed by atoms with E-state index >= 15 is 0 Å². The van der Waals surface area contributed by atoms with Crippen LogP contribution in [0.1, 0.15) is 30.2 Å². The first-order valence-electron chi connectivity index (χ1n) is 8.99. The summed E-state index contributed by atoms with van der Waals surface area (Å²) >= 11 is 1.57. The van der Waals surface area contributed by atoms with Crippen molar-refractivity contribution in [2.45, 2.75) is 49.7 Å². The zero-order chi connectivity index (χ0) is 19.0. The van der Waals surface area contributed by atoms with Crippen LogP contribution in [0.5, 0.6) is 5.75 Å². The predicted molar refractivity (Wildman–Crippen MR) is 103 cm³/mol. The van der Waals surface area contributed by atoms with Crippen molar-refractivity contribution in [3.05, 3.63) is 35.3 Å². The van der Waals surface area contributed by atoms with E-state index in [1.165, 1.54) is 17.5 Å². The average Bonchev–Trinajstić information content (AvgIpc) is 3.24. The summed E-state index contributed by atoms with van der Waals surface area (Å²) in [7, 11) is 0. The molecule has 8 heteroatoms. The minimum absolute atomic E-state index is 0.232. The van der Waals surface area contributed by atoms with Gasteiger partial charge in [-0.25, -0.2) is 15.0 Å². The standard InChI is InChI=1S/C19H21N5O2S/c1-3-12-8-13-5-7-26-14(13)9-15(12)27-19-23-17-11(2)21-10-22-18(17)24(19)6-4-16(20)25/h8-10H,3-7H2,1-2H3,(H2,20,25). The lowest BCUT2D eigenvalue weighted by Crippen LogP contribution is -2.14. The highest BCUT2D eigenvalue weighted by Gasteiger charge is 2.20. The van der Waals surface area contributed by atoms with E-state index in [1.807, 2.05) is 11.5 Å². The molecule has 27 heavy (non-hydrogen) atoms. The van der Waals surface area contributed by atoms with E-state index in [0.29, 0.717) is 6.54 Å². The van der Waals surface area contributed by atoms with E-state index in [1.54, 1.807) is 11.8 Å². The molecule has 1 aliphatic heterocycles. The second-order valence-electron chi connectivity index (χ2n) is 6.52. The maximum Gasteiger partial charge on any atom is 0.219 e. The number of nitrogens with two attached hydrogens (primary N) is 1. The first-order chi connectivity index (χ1) is 13.1. The van der Waals surface area contributed by atoms with E-state index in [9.17, 15) is 4.79 Å². The Kier molecular flexibility index (Phi) is 4.73. The van der Waals surface area contributed by atoms with Crippen molar-refractivity contribution in [1.82, 2.24) is 19.5 Å². The Morgan fingerprint density at radius 3 is 3.00 bits per heavy atom. The molecule has 2 aromatic heterocycles. The van der Waals surface area contributed by atoms with Crippen molar-refractivity contribution >= 4 is 28.8 Å². The molecule has 1 amide bonds. The first-order valence-corrected chi connectivity index (χ1v) is 9.81. The number of amides is 1. The fourth-order valence-electron chi connectivity index (χ4n) is 3.26. The molecule has 0 radical (unpaired) electrons. The summed E-state index contributed by atoms with van der Waals surface area (Å²) in [5.41, 5.74) is 10.2. The Labute approximate surface area is 161 Å². The molecule has 3 heterocycles. The summed E-state index contributed by atoms with van der Waals surface area (Å²) in [6.45, 7) is 5.23. The molecule has 2 N–H and O–H groups in total. The number of carbonyl (C=O) groups excluding carboxylic acids is 1. The molecule has 4 rings (SSSR count). The molecule has 0 saturated heterocycles. The Morgan fingerprint density at radius 2 is 2.22 bits per heavy atom. The van der Waals surface area contributed by atoms with Gasteiger partial charge >= 0.3 is 0 Å². The van der Waals surface area contributed by atoms with Gasteiger partial charge in [-0.2, -0.15) is 0 Å². The number of benzene rings is 1. The third-order valence-corrected chi connectivity index (χ3v) is 5.81. The number of hydrogen-bond donors (Lipinski definition) is 1. The zero-order valence-corrected chi connectivity index (χ0v) is 16.2. The van der Waals surface area contributed by atoms with Crippen LogP contribution in [0.3, 0.4) is 0 Å². The van der Waals surface area contributed by atoms with Crippen LogP contribution in [0, 0.1) is 6.92 Å². The molecule has 0 spiro atoms. The molecular weight excluding hydrogens is 362 g/mol. The summed E-state index contributed by atoms with van der Waals surface area (Å²) in [5, 5.41) is 0.780. The largest absolute Gasteiger partial charge is 0.493 e. The number of carbonyl (C=O) groups is 1. The second kappa shape index (κ2) is 7.19. The van der Waals surface area contributed by atoms with Crippen LogP contribution in [0.15, 0.2) is 28.5 Å². The second-order valence-corrected chi connectivity index (χ2v) is 7.52. The summed E-state index contributed by atoms with van der Waals surface area (Å²) in [6.07, 6.45) is 3.64. The van der Waals surface area contributed by atoms with Crippen LogP contribution < -0.4 is 10.5 Å². The number of imidazole rings is 1. The van der Waals surface area contributed by atoms with Gasteiger partial charge in [-0.1, -0.05) is 24.8 Å². The Hall–Kier alpha value is -2.61. The third-order valence-electron chi connectivity index (χ3n) is 4.72. The van der Waals surface area contributed by atoms with Crippen molar-refractivity contribution < 1.29 is 9.53 Å². The molecular formula is C19H21N5O2S. The molecule has 1 aliphatic rings. The van der Waals surface area contributed by atoms with Crippen molar-refractivity contribution in [2.24, 2.45) is 5.73 Å². The fourth-order valence-corrected chi connectivity index (χ4v) is 4.38. The number of ether oxygens (including phenoxy) is 1. The monoisotopic (exact) mass is 383 g/mol. The fraction of sp³-hybridized carbons (Fsp3) is 0.368. The first kappa shape index (κ1) is 17.8. The molecule has 0 unspecified atom stereocenters. The lowest BCUT2D eigenvalue weighted by molar-refractivity contribution is -0.118. The van der Waals surface area contributed by atoms with Crippen molar-refractivity contribution in [3.63, 3.8) is 0 Å². The number of primary amides is 1. The molecule has 0 bridgehead atoms. The van der Waals surface area contributed by atoms with Gasteiger partial charge < -0.3 is 15.0 Å². The summed E-state index contributed by atoms with van der Waals surface area (Å²) in [4.78, 5) is 25.8. The quantitative estimate of drug-likeness (QED) is 0.703. The smallest absolute Gasteiger partial charge is 0.219 e. The topological polar surface area (TPSA) is 95.9 Å². The number of fused-ring (bicyclic) bond motifs is 2. The zero-order valence-electron chi connectivity index (χ0n) is 15.4. The number of aryl methyl sites for hydroxylation is 3. The average molecular weight is 383 g/mol. The van der Waals surface area contributed by atoms with Crippen LogP contribution >= 0.6 is 11.8 Å². The van der Waals surface area contributed by atoms with Gasteiger partial charge in [-0.3, -0.25) is 4.79 Å². The van der Waals surface area contributed by atoms with E-state index in [2.05, 4.69) is 29.0 Å². The highest BCUT2D eigenvalue weighted by Crippen LogP contribution is 2.38. The van der Waals surface area contributed by atoms with Gasteiger partial charge in [-0.15, -0.1) is 0 Å². The highest BCUT2D eigenvalue weighted by molar-refractivity contribution is 7.99. The molecule has 1 aromatic carbocycles. The lowest BCUT2D eigenvalue weighted by Gasteiger charge is -2.11. The van der Waals surface area contributed by atoms with Crippen molar-refractivity contribution in [1.29, 1.82) is 0 Å². The maximum atomic E-state index is 11.3. The molecule has 3 aromatic rings. The van der Waals surface area contributed by atoms with Gasteiger partial charge in [0, 0.05) is 24.3 Å². The molecule has 0 fully saturated rings. The van der Waals surface area contributed by atoms with Gasteiger partial charge in [0.1, 0.15) is 17.6 Å². The van der Waals surface area contributed by atoms with Crippen LogP contribution in [-0.4, -0.2) is 32.0 Å². The van der Waals surface area contributed by atoms with Crippen molar-refractivity contribution in [2.75, 3.05) is 6.61 Å². The minimum Gasteiger partial charge on any atom is -0.493 e. The van der Waals surface area contributed by atoms with E-state index in [4.69, 9.17) is 15.5 Å². The van der Waals surface area contributed by atoms with E-state index in [-0.39, 0.29) is 12.3 Å². The van der Waals surface area contributed by atoms with Gasteiger partial charge in [0.05, 0.1) is 12.3 Å². The Morgan fingerprint density at radius 1 is 1.37 bits per heavy atom. The highest BCUT2D eigenvalue weighted by atomic mass is 32.2. The summed E-state index contributed by atoms with van der Waals surface area (Å²) in [6, 6.07) is 4.33. The van der Waals surface area contributed by atoms with Gasteiger partial charge in [0.25, 0.3) is 0 Å². The number of rotatable bonds is 6. The van der Waals surface area contributed by atoms with Crippen LogP contribution in [0.4, 0.5) is 0 Å². The predicted octanol–water partition coefficient (Wildman–Crippen LogP) is 2.66. The van der Waals surface area contributed by atoms with Gasteiger partial charge in [0.15, 0.2) is 10.8 Å². The third kappa shape index (κ3) is 3.37. The van der Waals surface area contributed by atoms with Crippen LogP contribution in [0.2, 0.25) is 0 Å². The number of nitrogens with zero attached hydrogens (tertiary/aromatic N) is 4. The molecule has 0 atom stereocenters. The molecule has 0 aliphatic carbocycles. The van der Waals surface area contributed by atoms with E-state index in [0.717, 1.165) is 52.1 Å². The summed E-state index contributed by atoms with van der Waals surface area (Å²) in [5.74, 6) is 0.601. The summed E-state index contributed by atoms with van der Waals surface area (Å²) < 4.78 is 7.69. The van der Waals surface area contributed by atoms with E-state index < -0.39 is 0 Å². The maximum absolute atomic E-state index is 11.3. The SMILES string of the molecule is CCc1cc2c(cc1Sc1nc3c(C)ncnc3n1CCC(N)=O)OCC2. The number of aromatic nitrogens is 4. The van der Waals surface area contributed by atoms with Crippen LogP contribution in [0.25, 0.3) is 11.2 Å². The Balaban J connectivity index is 1.78. The lowest BCUT2D eigenvalue weighted by atomic mass is 10.1. The molecule has 140 valence electrons. The van der Waals surface area contributed by atoms with Crippen molar-refractivity contribution in [3.8, 4) is 5.75 Å². The number of hydrogen-bond acceptors (Lipinski definition) is 6. The molecule has 0 saturated carbocycles. The normalized spacial score (nSPS) is 13.0. The minimum atomic E-state index is -0.348. The Bertz CT molecular complexity index is 1030. The van der Waals surface area contributed by atoms with Gasteiger partial charge in [-0.05, 0) is 30.5 Å². The van der Waals surface area contributed by atoms with Crippen LogP contribution in [-0.2, 0) is 24.2 Å². The van der Waals surface area contributed by atoms with Gasteiger partial charge in [0.2, 0.25) is 5.91 Å². The molecule has 7 nitrogen and oxygen atoms in total.